The number of rotatable bonds is 27. The van der Waals surface area contributed by atoms with Crippen molar-refractivity contribution < 1.29 is 18.7 Å². The zero-order chi connectivity index (χ0) is 34.0. The highest BCUT2D eigenvalue weighted by molar-refractivity contribution is 7.52. The van der Waals surface area contributed by atoms with Crippen molar-refractivity contribution in [3.05, 3.63) is 12.7 Å². The summed E-state index contributed by atoms with van der Waals surface area (Å²) in [5.41, 5.74) is 9.64. The summed E-state index contributed by atoms with van der Waals surface area (Å²) in [4.78, 5) is 22.5. The van der Waals surface area contributed by atoms with E-state index in [1.807, 2.05) is 6.92 Å². The zero-order valence-electron chi connectivity index (χ0n) is 30.4. The van der Waals surface area contributed by atoms with E-state index in [1.54, 1.807) is 10.9 Å². The first-order valence-electron chi connectivity index (χ1n) is 18.4. The molecular formula is C35H68N5O4PSi. The normalized spacial score (nSPS) is 14.6. The van der Waals surface area contributed by atoms with Gasteiger partial charge in [0, 0.05) is 0 Å². The van der Waals surface area contributed by atoms with Gasteiger partial charge in [-0.2, -0.15) is 0 Å². The summed E-state index contributed by atoms with van der Waals surface area (Å²) in [6.45, 7) is 17.5. The van der Waals surface area contributed by atoms with Gasteiger partial charge in [-0.3, -0.25) is 4.57 Å². The first-order valence-corrected chi connectivity index (χ1v) is 22.6. The topological polar surface area (TPSA) is 125 Å². The van der Waals surface area contributed by atoms with Gasteiger partial charge in [-0.15, -0.1) is 0 Å². The minimum atomic E-state index is -3.79. The van der Waals surface area contributed by atoms with Crippen molar-refractivity contribution in [2.45, 2.75) is 180 Å². The highest BCUT2D eigenvalue weighted by atomic mass is 31.2. The van der Waals surface area contributed by atoms with Crippen LogP contribution < -0.4 is 5.73 Å². The van der Waals surface area contributed by atoms with Gasteiger partial charge in [0.25, 0.3) is 0 Å². The first kappa shape index (κ1) is 40.9. The van der Waals surface area contributed by atoms with Gasteiger partial charge < -0.3 is 24.5 Å². The molecule has 266 valence electrons. The van der Waals surface area contributed by atoms with Gasteiger partial charge >= 0.3 is 7.60 Å². The quantitative estimate of drug-likeness (QED) is 0.0542. The fraction of sp³-hybridized carbons (Fsp3) is 0.857. The summed E-state index contributed by atoms with van der Waals surface area (Å²) >= 11 is 0. The summed E-state index contributed by atoms with van der Waals surface area (Å²) < 4.78 is 25.1. The summed E-state index contributed by atoms with van der Waals surface area (Å²) in [6, 6.07) is 1.52. The Labute approximate surface area is 281 Å². The first-order chi connectivity index (χ1) is 21.9. The van der Waals surface area contributed by atoms with Crippen LogP contribution in [0.3, 0.4) is 0 Å². The zero-order valence-corrected chi connectivity index (χ0v) is 32.3. The molecule has 0 aliphatic rings. The monoisotopic (exact) mass is 681 g/mol. The second kappa shape index (κ2) is 21.6. The van der Waals surface area contributed by atoms with Crippen molar-refractivity contribution in [2.75, 3.05) is 18.7 Å². The molecule has 0 spiro atoms. The molecule has 0 amide bonds. The van der Waals surface area contributed by atoms with E-state index in [1.165, 1.54) is 89.4 Å². The van der Waals surface area contributed by atoms with Crippen LogP contribution in [0.2, 0.25) is 22.7 Å². The molecule has 0 aromatic carbocycles. The molecule has 0 aliphatic heterocycles. The predicted molar refractivity (Wildman–Crippen MR) is 196 cm³/mol. The predicted octanol–water partition coefficient (Wildman–Crippen LogP) is 10.5. The lowest BCUT2D eigenvalue weighted by molar-refractivity contribution is 0.0715. The molecule has 0 fully saturated rings. The average Bonchev–Trinajstić information content (AvgIpc) is 3.40. The Kier molecular flexibility index (Phi) is 19.2. The van der Waals surface area contributed by atoms with Crippen LogP contribution in [0, 0.1) is 0 Å². The molecule has 1 unspecified atom stereocenters. The SMILES string of the molecule is CC(C)[Si](CCCCCCCCCCCCCCCCCOP(=O)(O)CO[C@H](C)Cn1cnc2c(N)ncnc21)(C(C)C)C(C)C. The number of fused-ring (bicyclic) bond motifs is 1. The molecule has 0 aliphatic carbocycles. The van der Waals surface area contributed by atoms with Gasteiger partial charge in [0.1, 0.15) is 18.2 Å². The Balaban J connectivity index is 1.39. The van der Waals surface area contributed by atoms with Crippen molar-refractivity contribution >= 4 is 32.7 Å². The third kappa shape index (κ3) is 14.0. The molecule has 2 aromatic heterocycles. The number of nitrogens with two attached hydrogens (primary N) is 1. The molecule has 2 rings (SSSR count). The summed E-state index contributed by atoms with van der Waals surface area (Å²) in [7, 11) is -4.99. The molecule has 11 heteroatoms. The number of unbranched alkanes of at least 4 members (excludes halogenated alkanes) is 14. The average molecular weight is 682 g/mol. The minimum Gasteiger partial charge on any atom is -0.382 e. The number of imidazole rings is 1. The van der Waals surface area contributed by atoms with E-state index < -0.39 is 15.7 Å². The highest BCUT2D eigenvalue weighted by Gasteiger charge is 2.41. The third-order valence-electron chi connectivity index (χ3n) is 10.2. The molecule has 9 nitrogen and oxygen atoms in total. The van der Waals surface area contributed by atoms with Crippen molar-refractivity contribution in [3.63, 3.8) is 0 Å². The highest BCUT2D eigenvalue weighted by Crippen LogP contribution is 2.45. The maximum Gasteiger partial charge on any atom is 0.353 e. The fourth-order valence-corrected chi connectivity index (χ4v) is 15.1. The number of nitrogens with zero attached hydrogens (tertiary/aromatic N) is 4. The summed E-state index contributed by atoms with van der Waals surface area (Å²) in [5.74, 6) is 0.320. The van der Waals surface area contributed by atoms with E-state index in [-0.39, 0.29) is 19.1 Å². The Bertz CT molecular complexity index is 1120. The molecule has 2 heterocycles. The molecule has 2 atom stereocenters. The van der Waals surface area contributed by atoms with E-state index in [9.17, 15) is 9.46 Å². The van der Waals surface area contributed by atoms with E-state index in [0.717, 1.165) is 35.9 Å². The molecule has 3 N–H and O–H groups in total. The molecule has 0 radical (unpaired) electrons. The maximum absolute atomic E-state index is 12.4. The lowest BCUT2D eigenvalue weighted by Gasteiger charge is -2.43. The van der Waals surface area contributed by atoms with Crippen LogP contribution in [0.25, 0.3) is 11.2 Å². The lowest BCUT2D eigenvalue weighted by atomic mass is 10.0. The van der Waals surface area contributed by atoms with Crippen LogP contribution in [0.4, 0.5) is 5.82 Å². The minimum absolute atomic E-state index is 0.282. The van der Waals surface area contributed by atoms with Gasteiger partial charge in [0.15, 0.2) is 11.5 Å². The molecular weight excluding hydrogens is 613 g/mol. The third-order valence-corrected chi connectivity index (χ3v) is 18.9. The Morgan fingerprint density at radius 3 is 1.74 bits per heavy atom. The molecule has 0 saturated heterocycles. The standard InChI is InChI=1S/C35H68N5O4PSi/c1-29(2)46(30(3)4,31(5)6)24-22-20-18-16-14-12-10-8-9-11-13-15-17-19-21-23-44-45(41,42)28-43-32(7)25-40-27-39-33-34(36)37-26-38-35(33)40/h26-27,29-32H,8-25,28H2,1-7H3,(H,41,42)(H2,36,37,38)/t32-/m1/s1. The number of hydrogen-bond acceptors (Lipinski definition) is 7. The number of aromatic nitrogens is 4. The second-order valence-corrected chi connectivity index (χ2v) is 22.5. The molecule has 46 heavy (non-hydrogen) atoms. The van der Waals surface area contributed by atoms with Gasteiger partial charge in [0.2, 0.25) is 0 Å². The Morgan fingerprint density at radius 2 is 1.24 bits per heavy atom. The van der Waals surface area contributed by atoms with E-state index in [0.29, 0.717) is 23.5 Å². The van der Waals surface area contributed by atoms with Crippen molar-refractivity contribution in [3.8, 4) is 0 Å². The van der Waals surface area contributed by atoms with E-state index >= 15 is 0 Å². The lowest BCUT2D eigenvalue weighted by Crippen LogP contribution is -2.44. The van der Waals surface area contributed by atoms with Crippen LogP contribution in [-0.2, 0) is 20.4 Å². The maximum atomic E-state index is 12.4. The van der Waals surface area contributed by atoms with Crippen LogP contribution in [0.5, 0.6) is 0 Å². The number of nitrogen functional groups attached to an aromatic ring is 1. The Hall–Kier alpha value is -1.32. The second-order valence-electron chi connectivity index (χ2n) is 14.5. The fourth-order valence-electron chi connectivity index (χ4n) is 7.53. The van der Waals surface area contributed by atoms with Crippen LogP contribution in [-0.4, -0.2) is 51.5 Å². The smallest absolute Gasteiger partial charge is 0.353 e. The van der Waals surface area contributed by atoms with Gasteiger partial charge in [0.05, 0.1) is 33.7 Å². The van der Waals surface area contributed by atoms with Crippen molar-refractivity contribution in [1.82, 2.24) is 19.5 Å². The number of hydrogen-bond donors (Lipinski definition) is 2. The van der Waals surface area contributed by atoms with E-state index in [4.69, 9.17) is 15.0 Å². The summed E-state index contributed by atoms with van der Waals surface area (Å²) in [5, 5.41) is 0. The number of anilines is 1. The van der Waals surface area contributed by atoms with Crippen molar-refractivity contribution in [2.24, 2.45) is 0 Å². The molecule has 0 saturated carbocycles. The van der Waals surface area contributed by atoms with Gasteiger partial charge in [-0.25, -0.2) is 15.0 Å². The van der Waals surface area contributed by atoms with Crippen molar-refractivity contribution in [1.29, 1.82) is 0 Å². The number of ether oxygens (including phenoxy) is 1. The largest absolute Gasteiger partial charge is 0.382 e. The van der Waals surface area contributed by atoms with Crippen LogP contribution >= 0.6 is 7.60 Å². The van der Waals surface area contributed by atoms with Gasteiger partial charge in [-0.1, -0.05) is 154 Å². The van der Waals surface area contributed by atoms with Gasteiger partial charge in [-0.05, 0) is 13.3 Å². The van der Waals surface area contributed by atoms with Crippen LogP contribution in [0.15, 0.2) is 12.7 Å². The molecule has 2 aromatic rings. The van der Waals surface area contributed by atoms with Crippen LogP contribution in [0.1, 0.15) is 145 Å². The van der Waals surface area contributed by atoms with E-state index in [2.05, 4.69) is 56.5 Å². The Morgan fingerprint density at radius 1 is 0.761 bits per heavy atom. The summed E-state index contributed by atoms with van der Waals surface area (Å²) in [6.07, 6.45) is 21.7. The molecule has 0 bridgehead atoms.